The molecule has 3 N–H and O–H groups in total. The first-order valence-corrected chi connectivity index (χ1v) is 9.67. The second-order valence-electron chi connectivity index (χ2n) is 7.33. The van der Waals surface area contributed by atoms with Crippen LogP contribution in [-0.4, -0.2) is 58.4 Å². The summed E-state index contributed by atoms with van der Waals surface area (Å²) in [4.78, 5) is 33.3. The molecule has 0 atom stereocenters. The fourth-order valence-electron chi connectivity index (χ4n) is 3.25. The number of carbonyl (C=O) groups is 1. The fourth-order valence-corrected chi connectivity index (χ4v) is 3.25. The van der Waals surface area contributed by atoms with Crippen molar-refractivity contribution < 1.29 is 13.9 Å². The van der Waals surface area contributed by atoms with Crippen LogP contribution >= 0.6 is 0 Å². The summed E-state index contributed by atoms with van der Waals surface area (Å²) >= 11 is 0. The van der Waals surface area contributed by atoms with Gasteiger partial charge in [0, 0.05) is 17.5 Å². The first-order valence-electron chi connectivity index (χ1n) is 9.67. The van der Waals surface area contributed by atoms with Crippen LogP contribution in [0.3, 0.4) is 0 Å². The Labute approximate surface area is 176 Å². The summed E-state index contributed by atoms with van der Waals surface area (Å²) in [6.07, 6.45) is 0.131. The number of nitrogens with one attached hydrogen (secondary N) is 3. The second-order valence-corrected chi connectivity index (χ2v) is 7.33. The largest absolute Gasteiger partial charge is 0.449 e. The van der Waals surface area contributed by atoms with Crippen LogP contribution in [0.4, 0.5) is 15.1 Å². The minimum Gasteiger partial charge on any atom is -0.449 e. The molecular weight excluding hydrogens is 403 g/mol. The van der Waals surface area contributed by atoms with Gasteiger partial charge in [-0.2, -0.15) is 5.10 Å². The average Bonchev–Trinajstić information content (AvgIpc) is 3.12. The molecule has 4 aromatic rings. The van der Waals surface area contributed by atoms with Crippen LogP contribution in [0.15, 0.2) is 41.2 Å². The summed E-state index contributed by atoms with van der Waals surface area (Å²) < 4.78 is 18.9. The summed E-state index contributed by atoms with van der Waals surface area (Å²) in [6, 6.07) is 9.22. The van der Waals surface area contributed by atoms with Crippen molar-refractivity contribution in [2.75, 3.05) is 32.6 Å². The maximum Gasteiger partial charge on any atom is 0.413 e. The van der Waals surface area contributed by atoms with E-state index in [1.807, 2.05) is 19.0 Å². The highest BCUT2D eigenvalue weighted by Crippen LogP contribution is 2.27. The molecule has 0 radical (unpaired) electrons. The van der Waals surface area contributed by atoms with Gasteiger partial charge in [-0.25, -0.2) is 19.3 Å². The molecule has 0 aliphatic carbocycles. The van der Waals surface area contributed by atoms with Crippen LogP contribution in [-0.2, 0) is 4.74 Å². The molecule has 31 heavy (non-hydrogen) atoms. The van der Waals surface area contributed by atoms with Crippen molar-refractivity contribution in [3.8, 4) is 11.3 Å². The number of halogens is 1. The molecule has 0 bridgehead atoms. The molecule has 2 heterocycles. The zero-order valence-corrected chi connectivity index (χ0v) is 17.0. The molecule has 9 nitrogen and oxygen atoms in total. The molecule has 10 heteroatoms. The zero-order chi connectivity index (χ0) is 22.0. The second kappa shape index (κ2) is 8.52. The number of hydrogen-bond acceptors (Lipinski definition) is 6. The first-order chi connectivity index (χ1) is 14.9. The Kier molecular flexibility index (Phi) is 5.63. The monoisotopic (exact) mass is 424 g/mol. The van der Waals surface area contributed by atoms with Crippen molar-refractivity contribution in [3.05, 3.63) is 52.6 Å². The molecule has 160 valence electrons. The van der Waals surface area contributed by atoms with Gasteiger partial charge in [0.1, 0.15) is 5.82 Å². The lowest BCUT2D eigenvalue weighted by Gasteiger charge is -2.09. The maximum atomic E-state index is 13.8. The minimum atomic E-state index is -0.596. The molecule has 2 aromatic carbocycles. The third kappa shape index (κ3) is 4.53. The predicted molar refractivity (Wildman–Crippen MR) is 116 cm³/mol. The zero-order valence-electron chi connectivity index (χ0n) is 17.0. The van der Waals surface area contributed by atoms with Crippen LogP contribution < -0.4 is 10.9 Å². The van der Waals surface area contributed by atoms with Crippen LogP contribution in [0.2, 0.25) is 0 Å². The third-order valence-electron chi connectivity index (χ3n) is 4.71. The normalized spacial score (nSPS) is 11.4. The number of anilines is 1. The molecule has 0 fully saturated rings. The number of fused-ring (bicyclic) bond motifs is 2. The van der Waals surface area contributed by atoms with Gasteiger partial charge >= 0.3 is 6.09 Å². The summed E-state index contributed by atoms with van der Waals surface area (Å²) in [5.41, 5.74) is 1.93. The number of carbonyl (C=O) groups excluding carboxylic acids is 1. The molecule has 4 rings (SSSR count). The molecule has 0 saturated carbocycles. The number of benzene rings is 2. The van der Waals surface area contributed by atoms with Crippen LogP contribution in [0, 0.1) is 5.82 Å². The van der Waals surface area contributed by atoms with Gasteiger partial charge in [-0.3, -0.25) is 10.1 Å². The molecule has 2 aromatic heterocycles. The molecule has 0 spiro atoms. The molecular formula is C21H21FN6O3. The van der Waals surface area contributed by atoms with Gasteiger partial charge in [0.2, 0.25) is 5.95 Å². The SMILES string of the molecule is CN(C)CCCOC(=O)Nc1nc2cc(-c3n[nH]c(=O)c4ccc(F)cc34)ccc2[nH]1. The van der Waals surface area contributed by atoms with E-state index in [0.717, 1.165) is 13.0 Å². The highest BCUT2D eigenvalue weighted by molar-refractivity contribution is 5.96. The summed E-state index contributed by atoms with van der Waals surface area (Å²) in [5.74, 6) is -0.215. The number of nitrogens with zero attached hydrogens (tertiary/aromatic N) is 3. The highest BCUT2D eigenvalue weighted by atomic mass is 19.1. The van der Waals surface area contributed by atoms with Crippen molar-refractivity contribution in [1.29, 1.82) is 0 Å². The quantitative estimate of drug-likeness (QED) is 0.410. The van der Waals surface area contributed by atoms with Gasteiger partial charge in [-0.1, -0.05) is 6.07 Å². The molecule has 0 aliphatic rings. The van der Waals surface area contributed by atoms with E-state index in [1.165, 1.54) is 18.2 Å². The fraction of sp³-hybridized carbons (Fsp3) is 0.238. The van der Waals surface area contributed by atoms with Gasteiger partial charge in [0.25, 0.3) is 5.56 Å². The van der Waals surface area contributed by atoms with Gasteiger partial charge < -0.3 is 14.6 Å². The Balaban J connectivity index is 1.57. The van der Waals surface area contributed by atoms with Crippen LogP contribution in [0.5, 0.6) is 0 Å². The lowest BCUT2D eigenvalue weighted by atomic mass is 10.0. The number of aromatic nitrogens is 4. The number of imidazole rings is 1. The van der Waals surface area contributed by atoms with E-state index in [0.29, 0.717) is 39.7 Å². The Morgan fingerprint density at radius 2 is 2.03 bits per heavy atom. The van der Waals surface area contributed by atoms with Crippen molar-refractivity contribution >= 4 is 33.8 Å². The molecule has 0 saturated heterocycles. The number of ether oxygens (including phenoxy) is 1. The number of H-pyrrole nitrogens is 2. The van der Waals surface area contributed by atoms with Crippen LogP contribution in [0.1, 0.15) is 6.42 Å². The topological polar surface area (TPSA) is 116 Å². The predicted octanol–water partition coefficient (Wildman–Crippen LogP) is 3.11. The smallest absolute Gasteiger partial charge is 0.413 e. The summed E-state index contributed by atoms with van der Waals surface area (Å²) in [6.45, 7) is 1.12. The van der Waals surface area contributed by atoms with Gasteiger partial charge in [0.15, 0.2) is 0 Å². The number of rotatable bonds is 6. The Morgan fingerprint density at radius 1 is 1.19 bits per heavy atom. The average molecular weight is 424 g/mol. The lowest BCUT2D eigenvalue weighted by molar-refractivity contribution is 0.156. The van der Waals surface area contributed by atoms with E-state index < -0.39 is 17.5 Å². The maximum absolute atomic E-state index is 13.8. The van der Waals surface area contributed by atoms with Crippen molar-refractivity contribution in [3.63, 3.8) is 0 Å². The van der Waals surface area contributed by atoms with Crippen molar-refractivity contribution in [1.82, 2.24) is 25.1 Å². The highest BCUT2D eigenvalue weighted by Gasteiger charge is 2.13. The third-order valence-corrected chi connectivity index (χ3v) is 4.71. The van der Waals surface area contributed by atoms with E-state index >= 15 is 0 Å². The molecule has 0 aliphatic heterocycles. The van der Waals surface area contributed by atoms with Crippen molar-refractivity contribution in [2.24, 2.45) is 0 Å². The van der Waals surface area contributed by atoms with E-state index in [1.54, 1.807) is 18.2 Å². The van der Waals surface area contributed by atoms with E-state index in [-0.39, 0.29) is 5.95 Å². The molecule has 0 unspecified atom stereocenters. The lowest BCUT2D eigenvalue weighted by Crippen LogP contribution is -2.19. The number of amides is 1. The standard InChI is InChI=1S/C21H21FN6O3/c1-28(2)8-3-9-31-21(30)25-20-23-16-7-4-12(10-17(16)24-20)18-15-11-13(22)5-6-14(15)19(29)27-26-18/h4-7,10-11H,3,8-9H2,1-2H3,(H,27,29)(H2,23,24,25,30). The Morgan fingerprint density at radius 3 is 2.84 bits per heavy atom. The van der Waals surface area contributed by atoms with Crippen molar-refractivity contribution in [2.45, 2.75) is 6.42 Å². The van der Waals surface area contributed by atoms with Gasteiger partial charge in [-0.05, 0) is 50.8 Å². The van der Waals surface area contributed by atoms with Crippen LogP contribution in [0.25, 0.3) is 33.1 Å². The van der Waals surface area contributed by atoms with E-state index in [9.17, 15) is 14.0 Å². The minimum absolute atomic E-state index is 0.245. The summed E-state index contributed by atoms with van der Waals surface area (Å²) in [7, 11) is 3.90. The Bertz CT molecular complexity index is 1310. The molecule has 1 amide bonds. The van der Waals surface area contributed by atoms with E-state index in [4.69, 9.17) is 4.74 Å². The summed E-state index contributed by atoms with van der Waals surface area (Å²) in [5, 5.41) is 9.85. The number of hydrogen-bond donors (Lipinski definition) is 3. The van der Waals surface area contributed by atoms with Gasteiger partial charge in [0.05, 0.1) is 28.7 Å². The first kappa shape index (κ1) is 20.5. The van der Waals surface area contributed by atoms with Gasteiger partial charge in [-0.15, -0.1) is 0 Å². The number of aromatic amines is 2. The Hall–Kier alpha value is -3.79. The van der Waals surface area contributed by atoms with E-state index in [2.05, 4.69) is 25.5 Å².